The third-order valence-electron chi connectivity index (χ3n) is 1.62. The van der Waals surface area contributed by atoms with E-state index in [1.54, 1.807) is 6.92 Å². The van der Waals surface area contributed by atoms with E-state index >= 15 is 0 Å². The zero-order valence-corrected chi connectivity index (χ0v) is 8.91. The molecule has 0 spiro atoms. The zero-order chi connectivity index (χ0) is 9.52. The number of hydrogen-bond acceptors (Lipinski definition) is 1. The quantitative estimate of drug-likeness (QED) is 0.381. The van der Waals surface area contributed by atoms with Crippen LogP contribution in [0.4, 0.5) is 0 Å². The first-order valence-electron chi connectivity index (χ1n) is 4.20. The van der Waals surface area contributed by atoms with Crippen molar-refractivity contribution in [3.63, 3.8) is 0 Å². The smallest absolute Gasteiger partial charge is 0.875 e. The number of allylic oxidation sites excluding steroid dienone is 6. The van der Waals surface area contributed by atoms with E-state index < -0.39 is 0 Å². The molecule has 76 valence electrons. The molecule has 1 aromatic rings. The molecule has 0 fully saturated rings. The van der Waals surface area contributed by atoms with Gasteiger partial charge in [-0.3, -0.25) is 0 Å². The predicted octanol–water partition coefficient (Wildman–Crippen LogP) is 2.15. The van der Waals surface area contributed by atoms with Crippen molar-refractivity contribution < 1.29 is 21.6 Å². The van der Waals surface area contributed by atoms with Crippen LogP contribution in [0.3, 0.4) is 0 Å². The van der Waals surface area contributed by atoms with Crippen LogP contribution in [0.5, 0.6) is 0 Å². The Hall–Kier alpha value is -1.14. The largest absolute Gasteiger partial charge is 2.00 e. The Morgan fingerprint density at radius 3 is 1.86 bits per heavy atom. The molecule has 0 radical (unpaired) electrons. The Morgan fingerprint density at radius 1 is 1.14 bits per heavy atom. The van der Waals surface area contributed by atoms with E-state index in [0.29, 0.717) is 0 Å². The van der Waals surface area contributed by atoms with Crippen molar-refractivity contribution in [2.75, 3.05) is 0 Å². The SMILES string of the molecule is CC([O-])=C1C=CC=C1.[Ni+2].c1cc[cH-]c1. The summed E-state index contributed by atoms with van der Waals surface area (Å²) < 4.78 is 0. The van der Waals surface area contributed by atoms with E-state index in [1.165, 1.54) is 0 Å². The summed E-state index contributed by atoms with van der Waals surface area (Å²) in [7, 11) is 0. The van der Waals surface area contributed by atoms with Gasteiger partial charge in [-0.15, -0.1) is 5.76 Å². The zero-order valence-electron chi connectivity index (χ0n) is 7.92. The molecule has 0 amide bonds. The first kappa shape index (κ1) is 12.9. The predicted molar refractivity (Wildman–Crippen MR) is 53.0 cm³/mol. The van der Waals surface area contributed by atoms with Crippen LogP contribution in [0.1, 0.15) is 6.92 Å². The topological polar surface area (TPSA) is 23.1 Å². The van der Waals surface area contributed by atoms with Gasteiger partial charge in [0.1, 0.15) is 0 Å². The van der Waals surface area contributed by atoms with Crippen LogP contribution in [-0.2, 0) is 16.5 Å². The third kappa shape index (κ3) is 4.78. The van der Waals surface area contributed by atoms with Gasteiger partial charge < -0.3 is 5.11 Å². The summed E-state index contributed by atoms with van der Waals surface area (Å²) in [6.45, 7) is 1.56. The molecule has 1 aliphatic carbocycles. The third-order valence-corrected chi connectivity index (χ3v) is 1.62. The van der Waals surface area contributed by atoms with Crippen molar-refractivity contribution in [3.05, 3.63) is 66.0 Å². The normalized spacial score (nSPS) is 11.6. The average Bonchev–Trinajstić information content (AvgIpc) is 2.82. The van der Waals surface area contributed by atoms with E-state index in [1.807, 2.05) is 54.6 Å². The molecule has 0 bridgehead atoms. The molecule has 2 heteroatoms. The maximum atomic E-state index is 10.5. The molecule has 0 aromatic heterocycles. The summed E-state index contributed by atoms with van der Waals surface area (Å²) in [5, 5.41) is 10.5. The van der Waals surface area contributed by atoms with Gasteiger partial charge in [0.25, 0.3) is 0 Å². The molecule has 0 unspecified atom stereocenters. The van der Waals surface area contributed by atoms with E-state index in [9.17, 15) is 5.11 Å². The second-order valence-electron chi connectivity index (χ2n) is 2.69. The number of rotatable bonds is 0. The molecule has 1 nitrogen and oxygen atoms in total. The van der Waals surface area contributed by atoms with Crippen LogP contribution in [-0.4, -0.2) is 0 Å². The summed E-state index contributed by atoms with van der Waals surface area (Å²) in [5.74, 6) is 0.134. The van der Waals surface area contributed by atoms with Gasteiger partial charge in [-0.25, -0.2) is 12.1 Å². The monoisotopic (exact) mass is 230 g/mol. The molecule has 0 N–H and O–H groups in total. The fourth-order valence-electron chi connectivity index (χ4n) is 0.929. The molecule has 0 heterocycles. The minimum absolute atomic E-state index is 0. The maximum absolute atomic E-state index is 10.5. The van der Waals surface area contributed by atoms with E-state index in [4.69, 9.17) is 0 Å². The van der Waals surface area contributed by atoms with Crippen molar-refractivity contribution in [2.24, 2.45) is 0 Å². The fraction of sp³-hybridized carbons (Fsp3) is 0.0833. The van der Waals surface area contributed by atoms with Crippen LogP contribution in [0.15, 0.2) is 66.0 Å². The van der Waals surface area contributed by atoms with Crippen molar-refractivity contribution in [1.29, 1.82) is 0 Å². The van der Waals surface area contributed by atoms with Gasteiger partial charge in [0.2, 0.25) is 0 Å². The molecule has 0 saturated carbocycles. The van der Waals surface area contributed by atoms with Crippen LogP contribution < -0.4 is 5.11 Å². The van der Waals surface area contributed by atoms with Gasteiger partial charge in [-0.2, -0.15) is 18.2 Å². The Balaban J connectivity index is 0.000000246. The Bertz CT molecular complexity index is 283. The van der Waals surface area contributed by atoms with Crippen LogP contribution >= 0.6 is 0 Å². The van der Waals surface area contributed by atoms with E-state index in [0.717, 1.165) is 5.57 Å². The Morgan fingerprint density at radius 2 is 1.64 bits per heavy atom. The fourth-order valence-corrected chi connectivity index (χ4v) is 0.929. The van der Waals surface area contributed by atoms with E-state index in [-0.39, 0.29) is 22.3 Å². The summed E-state index contributed by atoms with van der Waals surface area (Å²) in [6, 6.07) is 10.0. The van der Waals surface area contributed by atoms with Gasteiger partial charge in [-0.1, -0.05) is 31.2 Å². The van der Waals surface area contributed by atoms with Crippen molar-refractivity contribution in [1.82, 2.24) is 0 Å². The van der Waals surface area contributed by atoms with Crippen molar-refractivity contribution in [2.45, 2.75) is 6.92 Å². The molecule has 2 rings (SSSR count). The molecule has 1 aliphatic rings. The molecular formula is C12H12NiO. The average molecular weight is 231 g/mol. The second kappa shape index (κ2) is 7.28. The molecule has 1 aromatic carbocycles. The van der Waals surface area contributed by atoms with E-state index in [2.05, 4.69) is 0 Å². The summed E-state index contributed by atoms with van der Waals surface area (Å²) in [4.78, 5) is 0. The summed E-state index contributed by atoms with van der Waals surface area (Å²) in [5.41, 5.74) is 0.796. The summed E-state index contributed by atoms with van der Waals surface area (Å²) in [6.07, 6.45) is 7.33. The molecule has 0 saturated heterocycles. The molecule has 0 atom stereocenters. The van der Waals surface area contributed by atoms with Crippen LogP contribution in [0.25, 0.3) is 0 Å². The van der Waals surface area contributed by atoms with Crippen molar-refractivity contribution >= 4 is 0 Å². The number of hydrogen-bond donors (Lipinski definition) is 0. The standard InChI is InChI=1S/C7H8O.C5H5.Ni/c1-6(8)7-4-2-3-5-7;1-2-4-5-3-1;/h2-5,8H,1H3;1-5H;/q;-1;+2/p-1. The minimum atomic E-state index is 0. The van der Waals surface area contributed by atoms with Gasteiger partial charge in [0.15, 0.2) is 0 Å². The Labute approximate surface area is 94.7 Å². The molecule has 0 aliphatic heterocycles. The Kier molecular flexibility index (Phi) is 6.69. The van der Waals surface area contributed by atoms with Gasteiger partial charge in [0, 0.05) is 0 Å². The van der Waals surface area contributed by atoms with Gasteiger partial charge >= 0.3 is 16.5 Å². The van der Waals surface area contributed by atoms with Gasteiger partial charge in [-0.05, 0) is 5.57 Å². The molecular weight excluding hydrogens is 219 g/mol. The molecule has 14 heavy (non-hydrogen) atoms. The first-order valence-corrected chi connectivity index (χ1v) is 4.20. The van der Waals surface area contributed by atoms with Gasteiger partial charge in [0.05, 0.1) is 0 Å². The van der Waals surface area contributed by atoms with Crippen LogP contribution in [0, 0.1) is 0 Å². The maximum Gasteiger partial charge on any atom is 2.00 e. The van der Waals surface area contributed by atoms with Crippen LogP contribution in [0.2, 0.25) is 0 Å². The summed E-state index contributed by atoms with van der Waals surface area (Å²) >= 11 is 0. The van der Waals surface area contributed by atoms with Crippen molar-refractivity contribution in [3.8, 4) is 0 Å². The first-order chi connectivity index (χ1) is 6.30. The minimum Gasteiger partial charge on any atom is -0.875 e. The second-order valence-corrected chi connectivity index (χ2v) is 2.69.